The summed E-state index contributed by atoms with van der Waals surface area (Å²) in [6.07, 6.45) is 2.78. The molecular weight excluding hydrogens is 950 g/mol. The fraction of sp³-hybridized carbons (Fsp3) is 0.440. The van der Waals surface area contributed by atoms with Gasteiger partial charge in [0.15, 0.2) is 5.82 Å². The Morgan fingerprint density at radius 3 is 2.41 bits per heavy atom. The molecule has 3 aliphatic heterocycles. The Hall–Kier alpha value is -5.86. The topological polar surface area (TPSA) is 197 Å². The summed E-state index contributed by atoms with van der Waals surface area (Å²) < 4.78 is 18.9. The number of β-amino-alcohol motifs (C(OH)–C–C–N with tert-alkyl or cyclic N) is 1. The van der Waals surface area contributed by atoms with E-state index in [1.54, 1.807) is 29.8 Å². The van der Waals surface area contributed by atoms with Crippen LogP contribution < -0.4 is 35.2 Å². The number of amides is 3. The number of nitrogens with one attached hydrogen (secondary N) is 4. The number of methoxy groups -OCH3 is 1. The third-order valence-corrected chi connectivity index (χ3v) is 15.0. The molecule has 5 N–H and O–H groups in total. The minimum atomic E-state index is -0.876. The lowest BCUT2D eigenvalue weighted by Crippen LogP contribution is -2.61. The fourth-order valence-corrected chi connectivity index (χ4v) is 10.5. The standard InChI is InChI=1S/C50H62ClN11O6S2/c1-30-43(69-29-54-30)33-13-11-31(12-14-33)23-52-47(65)41-22-36(63)28-62(41)48(66)44(50(2,3)4)57-46(64)34-26-60(27-34)25-32-17-19-61(20-18-32)35-15-16-39(42(21-35)68-6)56-49-53-24-37(51)45(58-49)55-38-9-7-8-10-40(38)59(5)70-67/h7-16,21,24,29,32,34,36,41,44,63,70H,17-20,22-23,25-28H2,1-6H3,(H,52,65)(H,57,64)(H2,53,55,56,58)/t36-,41+,44-/m1/s1. The number of halogens is 1. The molecule has 0 unspecified atom stereocenters. The van der Waals surface area contributed by atoms with E-state index in [9.17, 15) is 23.7 Å². The number of aromatic nitrogens is 3. The van der Waals surface area contributed by atoms with Crippen LogP contribution in [-0.4, -0.2) is 123 Å². The smallest absolute Gasteiger partial charge is 0.246 e. The lowest BCUT2D eigenvalue weighted by Gasteiger charge is -2.43. The predicted octanol–water partition coefficient (Wildman–Crippen LogP) is 6.31. The van der Waals surface area contributed by atoms with E-state index in [4.69, 9.17) is 16.3 Å². The Morgan fingerprint density at radius 1 is 0.986 bits per heavy atom. The van der Waals surface area contributed by atoms with Crippen molar-refractivity contribution in [2.24, 2.45) is 17.3 Å². The van der Waals surface area contributed by atoms with E-state index in [0.29, 0.717) is 58.6 Å². The Balaban J connectivity index is 0.798. The van der Waals surface area contributed by atoms with Crippen molar-refractivity contribution in [2.75, 3.05) is 73.3 Å². The molecule has 5 heterocycles. The maximum absolute atomic E-state index is 14.2. The number of thiol groups is 1. The van der Waals surface area contributed by atoms with Crippen LogP contribution in [0.15, 0.2) is 78.4 Å². The quantitative estimate of drug-likeness (QED) is 0.0568. The number of carbonyl (C=O) groups excluding carboxylic acids is 3. The highest BCUT2D eigenvalue weighted by Gasteiger charge is 2.46. The molecule has 3 aliphatic rings. The zero-order valence-electron chi connectivity index (χ0n) is 40.3. The summed E-state index contributed by atoms with van der Waals surface area (Å²) in [6, 6.07) is 19.6. The third-order valence-electron chi connectivity index (χ3n) is 13.3. The van der Waals surface area contributed by atoms with Gasteiger partial charge in [-0.1, -0.05) is 68.8 Å². The van der Waals surface area contributed by atoms with Gasteiger partial charge in [0, 0.05) is 71.0 Å². The number of rotatable bonds is 17. The van der Waals surface area contributed by atoms with Crippen molar-refractivity contribution in [3.8, 4) is 16.2 Å². The van der Waals surface area contributed by atoms with Crippen molar-refractivity contribution >= 4 is 87.0 Å². The van der Waals surface area contributed by atoms with Gasteiger partial charge in [0.1, 0.15) is 34.7 Å². The lowest BCUT2D eigenvalue weighted by molar-refractivity contribution is -0.145. The van der Waals surface area contributed by atoms with E-state index in [1.165, 1.54) is 11.1 Å². The third kappa shape index (κ3) is 11.8. The van der Waals surface area contributed by atoms with Gasteiger partial charge in [0.05, 0.1) is 58.5 Å². The van der Waals surface area contributed by atoms with E-state index in [1.807, 2.05) is 93.9 Å². The van der Waals surface area contributed by atoms with Gasteiger partial charge in [-0.15, -0.1) is 11.3 Å². The van der Waals surface area contributed by atoms with Gasteiger partial charge in [-0.25, -0.2) is 14.2 Å². The number of likely N-dealkylation sites (tertiary alicyclic amines) is 2. The average Bonchev–Trinajstić information content (AvgIpc) is 3.96. The predicted molar refractivity (Wildman–Crippen MR) is 277 cm³/mol. The molecule has 0 radical (unpaired) electrons. The van der Waals surface area contributed by atoms with Crippen LogP contribution in [-0.2, 0) is 32.8 Å². The summed E-state index contributed by atoms with van der Waals surface area (Å²) in [6.45, 7) is 11.8. The number of carbonyl (C=O) groups is 3. The number of aliphatic hydroxyl groups excluding tert-OH is 1. The molecule has 3 aromatic carbocycles. The highest BCUT2D eigenvalue weighted by Crippen LogP contribution is 2.36. The molecule has 5 aromatic rings. The van der Waals surface area contributed by atoms with Crippen LogP contribution in [0.4, 0.5) is 34.5 Å². The summed E-state index contributed by atoms with van der Waals surface area (Å²) in [5, 5.41) is 23.5. The molecule has 0 aliphatic carbocycles. The number of thiazole rings is 1. The molecule has 8 rings (SSSR count). The van der Waals surface area contributed by atoms with Crippen LogP contribution in [0, 0.1) is 24.2 Å². The number of hydrogen-bond acceptors (Lipinski definition) is 14. The first-order chi connectivity index (χ1) is 33.6. The molecule has 2 aromatic heterocycles. The summed E-state index contributed by atoms with van der Waals surface area (Å²) >= 11 is 7.91. The van der Waals surface area contributed by atoms with Gasteiger partial charge in [-0.3, -0.25) is 18.7 Å². The van der Waals surface area contributed by atoms with Gasteiger partial charge in [0.25, 0.3) is 0 Å². The number of para-hydroxylation sites is 2. The maximum atomic E-state index is 14.2. The Kier molecular flexibility index (Phi) is 15.9. The van der Waals surface area contributed by atoms with Crippen molar-refractivity contribution < 1.29 is 28.4 Å². The average molecular weight is 1010 g/mol. The minimum absolute atomic E-state index is 0.0225. The number of nitrogens with zero attached hydrogens (tertiary/aromatic N) is 7. The van der Waals surface area contributed by atoms with Gasteiger partial charge in [-0.2, -0.15) is 4.98 Å². The van der Waals surface area contributed by atoms with Crippen LogP contribution in [0.25, 0.3) is 10.4 Å². The van der Waals surface area contributed by atoms with Gasteiger partial charge >= 0.3 is 0 Å². The second-order valence-electron chi connectivity index (χ2n) is 19.4. The molecular formula is C50H62ClN11O6S2. The first-order valence-corrected chi connectivity index (χ1v) is 25.5. The van der Waals surface area contributed by atoms with E-state index in [-0.39, 0.29) is 55.0 Å². The summed E-state index contributed by atoms with van der Waals surface area (Å²) in [4.78, 5) is 62.1. The summed E-state index contributed by atoms with van der Waals surface area (Å²) in [5.74, 6) is 0.682. The van der Waals surface area contributed by atoms with Crippen molar-refractivity contribution in [3.05, 3.63) is 94.7 Å². The van der Waals surface area contributed by atoms with Gasteiger partial charge in [-0.05, 0) is 66.5 Å². The molecule has 372 valence electrons. The normalized spacial score (nSPS) is 18.2. The van der Waals surface area contributed by atoms with Gasteiger partial charge in [0.2, 0.25) is 23.7 Å². The van der Waals surface area contributed by atoms with E-state index in [0.717, 1.165) is 59.9 Å². The van der Waals surface area contributed by atoms with E-state index in [2.05, 4.69) is 52.1 Å². The molecule has 0 saturated carbocycles. The molecule has 3 saturated heterocycles. The number of piperidine rings is 1. The maximum Gasteiger partial charge on any atom is 0.246 e. The van der Waals surface area contributed by atoms with Crippen LogP contribution in [0.2, 0.25) is 5.02 Å². The molecule has 3 atom stereocenters. The molecule has 17 nitrogen and oxygen atoms in total. The van der Waals surface area contributed by atoms with E-state index < -0.39 is 23.6 Å². The monoisotopic (exact) mass is 1010 g/mol. The number of ether oxygens (including phenoxy) is 1. The number of anilines is 6. The van der Waals surface area contributed by atoms with Crippen molar-refractivity contribution in [3.63, 3.8) is 0 Å². The molecule has 3 fully saturated rings. The molecule has 70 heavy (non-hydrogen) atoms. The van der Waals surface area contributed by atoms with Crippen molar-refractivity contribution in [1.29, 1.82) is 0 Å². The van der Waals surface area contributed by atoms with Crippen LogP contribution >= 0.6 is 22.9 Å². The van der Waals surface area contributed by atoms with Crippen molar-refractivity contribution in [1.82, 2.24) is 35.4 Å². The molecule has 20 heteroatoms. The Bertz CT molecular complexity index is 2670. The van der Waals surface area contributed by atoms with Crippen molar-refractivity contribution in [2.45, 2.75) is 71.7 Å². The second-order valence-corrected chi connectivity index (χ2v) is 21.4. The second kappa shape index (κ2) is 22.1. The SMILES string of the molecule is COc1cc(N2CCC(CN3CC(C(=O)N[C@H](C(=O)N4C[C@H](O)C[C@H]4C(=O)NCc4ccc(-c5scnc5C)cc4)C(C)(C)C)C3)CC2)ccc1Nc1ncc(Cl)c(Nc2ccccc2N(C)[SH]=O)n1. The molecule has 0 bridgehead atoms. The summed E-state index contributed by atoms with van der Waals surface area (Å²) in [5.41, 5.74) is 7.24. The number of aryl methyl sites for hydroxylation is 1. The highest BCUT2D eigenvalue weighted by molar-refractivity contribution is 7.67. The minimum Gasteiger partial charge on any atom is -0.494 e. The zero-order valence-corrected chi connectivity index (χ0v) is 42.8. The number of hydrogen-bond donors (Lipinski definition) is 6. The highest BCUT2D eigenvalue weighted by atomic mass is 35.5. The van der Waals surface area contributed by atoms with Crippen LogP contribution in [0.1, 0.15) is 51.3 Å². The molecule has 3 amide bonds. The van der Waals surface area contributed by atoms with E-state index >= 15 is 0 Å². The van der Waals surface area contributed by atoms with Gasteiger partial charge < -0.3 is 45.8 Å². The fourth-order valence-electron chi connectivity index (χ4n) is 9.31. The summed E-state index contributed by atoms with van der Waals surface area (Å²) in [7, 11) is 3.34. The lowest BCUT2D eigenvalue weighted by atomic mass is 9.84. The Morgan fingerprint density at radius 2 is 1.73 bits per heavy atom. The zero-order chi connectivity index (χ0) is 49.7. The van der Waals surface area contributed by atoms with Crippen LogP contribution in [0.5, 0.6) is 5.75 Å². The number of benzene rings is 3. The first kappa shape index (κ1) is 50.5. The largest absolute Gasteiger partial charge is 0.494 e. The number of aliphatic hydroxyl groups is 1. The van der Waals surface area contributed by atoms with Crippen LogP contribution in [0.3, 0.4) is 0 Å². The Labute approximate surface area is 422 Å². The first-order valence-electron chi connectivity index (χ1n) is 23.5. The molecule has 0 spiro atoms.